The van der Waals surface area contributed by atoms with Crippen LogP contribution >= 0.6 is 23.2 Å². The molecule has 0 aliphatic heterocycles. The van der Waals surface area contributed by atoms with Crippen molar-refractivity contribution in [3.63, 3.8) is 0 Å². The number of hydrogen-bond donors (Lipinski definition) is 1. The van der Waals surface area contributed by atoms with E-state index in [1.54, 1.807) is 0 Å². The van der Waals surface area contributed by atoms with E-state index >= 15 is 0 Å². The maximum Gasteiger partial charge on any atom is 0.433 e. The highest BCUT2D eigenvalue weighted by Gasteiger charge is 2.43. The van der Waals surface area contributed by atoms with E-state index in [0.29, 0.717) is 34.7 Å². The Labute approximate surface area is 256 Å². The Bertz CT molecular complexity index is 1560. The van der Waals surface area contributed by atoms with Gasteiger partial charge in [-0.25, -0.2) is 8.78 Å². The smallest absolute Gasteiger partial charge is 0.433 e. The summed E-state index contributed by atoms with van der Waals surface area (Å²) < 4.78 is 72.0. The normalized spacial score (nSPS) is 16.9. The lowest BCUT2D eigenvalue weighted by Crippen LogP contribution is -2.37. The van der Waals surface area contributed by atoms with Crippen LogP contribution in [-0.2, 0) is 17.5 Å². The van der Waals surface area contributed by atoms with E-state index in [0.717, 1.165) is 24.3 Å². The Morgan fingerprint density at radius 2 is 1.59 bits per heavy atom. The molecule has 1 N–H and O–H groups in total. The largest absolute Gasteiger partial charge is 0.481 e. The zero-order valence-corrected chi connectivity index (χ0v) is 24.1. The van der Waals surface area contributed by atoms with Gasteiger partial charge in [0.1, 0.15) is 17.3 Å². The van der Waals surface area contributed by atoms with Crippen LogP contribution in [0.25, 0.3) is 0 Å². The molecule has 4 rings (SSSR count). The second kappa shape index (κ2) is 13.4. The number of alkyl halides is 3. The standard InChI is InChI=1S/C28H23Cl2F5N4O5/c29-21-9-18(37-44)10-22(30)25(21)23(40)13-38(12-15-5-16(31)8-17(32)6-15)27(43)20-11-36-39(26(20)28(33,34)35)19-3-1-14(2-4-19)7-24(41)42/h5-6,8-11,14,19H,1-4,7,12-13H2,(H,41,42). The fraction of sp³-hybridized carbons (Fsp3) is 0.357. The zero-order valence-electron chi connectivity index (χ0n) is 22.6. The van der Waals surface area contributed by atoms with Crippen LogP contribution in [0, 0.1) is 22.5 Å². The van der Waals surface area contributed by atoms with Gasteiger partial charge in [-0.1, -0.05) is 23.2 Å². The third kappa shape index (κ3) is 7.59. The lowest BCUT2D eigenvalue weighted by Gasteiger charge is -2.29. The van der Waals surface area contributed by atoms with Gasteiger partial charge >= 0.3 is 12.1 Å². The fourth-order valence-corrected chi connectivity index (χ4v) is 6.03. The Morgan fingerprint density at radius 1 is 1.00 bits per heavy atom. The van der Waals surface area contributed by atoms with Crippen molar-refractivity contribution in [2.75, 3.05) is 6.54 Å². The quantitative estimate of drug-likeness (QED) is 0.136. The average Bonchev–Trinajstić information content (AvgIpc) is 3.37. The summed E-state index contributed by atoms with van der Waals surface area (Å²) in [4.78, 5) is 49.6. The summed E-state index contributed by atoms with van der Waals surface area (Å²) in [5.74, 6) is -5.53. The highest BCUT2D eigenvalue weighted by atomic mass is 35.5. The Morgan fingerprint density at radius 3 is 2.11 bits per heavy atom. The Hall–Kier alpha value is -3.91. The van der Waals surface area contributed by atoms with Gasteiger partial charge in [-0.3, -0.25) is 19.1 Å². The molecule has 1 heterocycles. The van der Waals surface area contributed by atoms with Crippen LogP contribution in [0.3, 0.4) is 0 Å². The molecule has 0 atom stereocenters. The summed E-state index contributed by atoms with van der Waals surface area (Å²) in [6, 6.07) is 3.52. The molecule has 16 heteroatoms. The van der Waals surface area contributed by atoms with Gasteiger partial charge in [0.2, 0.25) is 0 Å². The van der Waals surface area contributed by atoms with Gasteiger partial charge < -0.3 is 10.0 Å². The summed E-state index contributed by atoms with van der Waals surface area (Å²) in [6.07, 6.45) is -3.44. The van der Waals surface area contributed by atoms with Crippen molar-refractivity contribution in [3.05, 3.63) is 85.5 Å². The minimum absolute atomic E-state index is 0.117. The van der Waals surface area contributed by atoms with Gasteiger partial charge in [0.25, 0.3) is 5.91 Å². The molecular weight excluding hydrogens is 638 g/mol. The van der Waals surface area contributed by atoms with E-state index in [4.69, 9.17) is 28.3 Å². The van der Waals surface area contributed by atoms with E-state index in [9.17, 15) is 41.2 Å². The monoisotopic (exact) mass is 660 g/mol. The SMILES string of the molecule is O=Nc1cc(Cl)c(C(=O)CN(Cc2cc(F)cc(F)c2)C(=O)c2cnn(C3CCC(CC(=O)O)CC3)c2C(F)(F)F)c(Cl)c1. The second-order valence-corrected chi connectivity index (χ2v) is 11.2. The van der Waals surface area contributed by atoms with Crippen molar-refractivity contribution in [2.45, 2.75) is 50.9 Å². The average molecular weight is 661 g/mol. The third-order valence-electron chi connectivity index (χ3n) is 7.25. The van der Waals surface area contributed by atoms with Crippen LogP contribution in [0.2, 0.25) is 10.0 Å². The maximum atomic E-state index is 14.5. The minimum Gasteiger partial charge on any atom is -0.481 e. The van der Waals surface area contributed by atoms with E-state index in [-0.39, 0.29) is 52.0 Å². The molecule has 0 spiro atoms. The molecule has 1 aliphatic rings. The summed E-state index contributed by atoms with van der Waals surface area (Å²) in [5, 5.41) is 14.9. The van der Waals surface area contributed by atoms with Gasteiger partial charge in [0.15, 0.2) is 11.5 Å². The van der Waals surface area contributed by atoms with Gasteiger partial charge in [-0.2, -0.15) is 18.3 Å². The topological polar surface area (TPSA) is 122 Å². The first-order chi connectivity index (χ1) is 20.7. The predicted octanol–water partition coefficient (Wildman–Crippen LogP) is 7.62. The highest BCUT2D eigenvalue weighted by Crippen LogP contribution is 2.40. The maximum absolute atomic E-state index is 14.5. The molecular formula is C28H23Cl2F5N4O5. The van der Waals surface area contributed by atoms with Crippen LogP contribution in [-0.4, -0.2) is 44.0 Å². The molecule has 9 nitrogen and oxygen atoms in total. The zero-order chi connectivity index (χ0) is 32.3. The number of aliphatic carboxylic acids is 1. The van der Waals surface area contributed by atoms with Gasteiger partial charge in [-0.15, -0.1) is 4.91 Å². The molecule has 0 saturated heterocycles. The second-order valence-electron chi connectivity index (χ2n) is 10.4. The van der Waals surface area contributed by atoms with Crippen molar-refractivity contribution in [2.24, 2.45) is 11.1 Å². The molecule has 0 radical (unpaired) electrons. The van der Waals surface area contributed by atoms with Crippen molar-refractivity contribution < 1.29 is 41.4 Å². The third-order valence-corrected chi connectivity index (χ3v) is 7.84. The number of benzene rings is 2. The number of nitrogens with zero attached hydrogens (tertiary/aromatic N) is 4. The van der Waals surface area contributed by atoms with E-state index in [1.807, 2.05) is 0 Å². The van der Waals surface area contributed by atoms with Crippen LogP contribution in [0.5, 0.6) is 0 Å². The molecule has 3 aromatic rings. The number of nitroso groups, excluding NO2 is 1. The highest BCUT2D eigenvalue weighted by molar-refractivity contribution is 6.40. The molecule has 2 aromatic carbocycles. The minimum atomic E-state index is -5.08. The van der Waals surface area contributed by atoms with Crippen LogP contribution < -0.4 is 0 Å². The van der Waals surface area contributed by atoms with Crippen molar-refractivity contribution in [3.8, 4) is 0 Å². The van der Waals surface area contributed by atoms with Crippen molar-refractivity contribution in [1.29, 1.82) is 0 Å². The van der Waals surface area contributed by atoms with Crippen molar-refractivity contribution in [1.82, 2.24) is 14.7 Å². The van der Waals surface area contributed by atoms with Gasteiger partial charge in [0, 0.05) is 19.0 Å². The lowest BCUT2D eigenvalue weighted by atomic mass is 9.84. The van der Waals surface area contributed by atoms with Crippen LogP contribution in [0.1, 0.15) is 70.1 Å². The molecule has 1 amide bonds. The number of carboxylic acids is 1. The first-order valence-corrected chi connectivity index (χ1v) is 13.9. The number of amides is 1. The summed E-state index contributed by atoms with van der Waals surface area (Å²) in [6.45, 7) is -1.61. The summed E-state index contributed by atoms with van der Waals surface area (Å²) in [5.41, 5.74) is -3.02. The van der Waals surface area contributed by atoms with Crippen molar-refractivity contribution >= 4 is 46.5 Å². The van der Waals surface area contributed by atoms with E-state index in [2.05, 4.69) is 10.3 Å². The Kier molecular flexibility index (Phi) is 10.0. The first-order valence-electron chi connectivity index (χ1n) is 13.1. The number of hydrogen-bond acceptors (Lipinski definition) is 6. The molecule has 234 valence electrons. The first kappa shape index (κ1) is 33.0. The van der Waals surface area contributed by atoms with Gasteiger partial charge in [0.05, 0.1) is 40.0 Å². The molecule has 1 fully saturated rings. The predicted molar refractivity (Wildman–Crippen MR) is 148 cm³/mol. The molecule has 1 aliphatic carbocycles. The number of halogens is 7. The molecule has 1 aromatic heterocycles. The molecule has 1 saturated carbocycles. The van der Waals surface area contributed by atoms with Crippen LogP contribution in [0.4, 0.5) is 27.6 Å². The number of carbonyl (C=O) groups excluding carboxylic acids is 2. The summed E-state index contributed by atoms with van der Waals surface area (Å²) >= 11 is 12.2. The molecule has 0 unspecified atom stereocenters. The Balaban J connectivity index is 1.71. The number of ketones is 1. The fourth-order valence-electron chi connectivity index (χ4n) is 5.34. The van der Waals surface area contributed by atoms with Gasteiger partial charge in [-0.05, 0) is 66.6 Å². The molecule has 0 bridgehead atoms. The number of aromatic nitrogens is 2. The number of Topliss-reactive ketones (excluding diaryl/α,β-unsaturated/α-hetero) is 1. The number of carboxylic acid groups (broad SMARTS) is 1. The summed E-state index contributed by atoms with van der Waals surface area (Å²) in [7, 11) is 0. The lowest BCUT2D eigenvalue weighted by molar-refractivity contribution is -0.145. The molecule has 44 heavy (non-hydrogen) atoms. The number of rotatable bonds is 10. The van der Waals surface area contributed by atoms with E-state index < -0.39 is 65.9 Å². The number of carbonyl (C=O) groups is 3. The van der Waals surface area contributed by atoms with Crippen LogP contribution in [0.15, 0.2) is 41.7 Å². The van der Waals surface area contributed by atoms with E-state index in [1.165, 1.54) is 0 Å².